The summed E-state index contributed by atoms with van der Waals surface area (Å²) >= 11 is 3.78. The van der Waals surface area contributed by atoms with E-state index < -0.39 is 5.41 Å². The van der Waals surface area contributed by atoms with Crippen molar-refractivity contribution in [1.29, 1.82) is 0 Å². The van der Waals surface area contributed by atoms with Crippen molar-refractivity contribution in [2.75, 3.05) is 4.90 Å². The van der Waals surface area contributed by atoms with E-state index in [0.717, 1.165) is 17.2 Å². The quantitative estimate of drug-likeness (QED) is 0.176. The monoisotopic (exact) mass is 827 g/mol. The van der Waals surface area contributed by atoms with Crippen LogP contribution in [0.3, 0.4) is 0 Å². The lowest BCUT2D eigenvalue weighted by Crippen LogP contribution is -2.32. The molecule has 0 saturated carbocycles. The van der Waals surface area contributed by atoms with E-state index in [1.807, 2.05) is 22.7 Å². The van der Waals surface area contributed by atoms with Crippen LogP contribution in [0.5, 0.6) is 11.5 Å². The van der Waals surface area contributed by atoms with E-state index in [9.17, 15) is 0 Å². The second-order valence-corrected chi connectivity index (χ2v) is 19.7. The lowest BCUT2D eigenvalue weighted by atomic mass is 9.66. The van der Waals surface area contributed by atoms with Crippen LogP contribution < -0.4 is 9.64 Å². The number of benzene rings is 9. The lowest BCUT2D eigenvalue weighted by molar-refractivity contribution is 0.436. The van der Waals surface area contributed by atoms with Crippen LogP contribution in [0.25, 0.3) is 62.6 Å². The van der Waals surface area contributed by atoms with Crippen LogP contribution in [-0.4, -0.2) is 0 Å². The molecule has 1 aliphatic heterocycles. The third-order valence-electron chi connectivity index (χ3n) is 14.1. The molecule has 292 valence electrons. The molecule has 14 rings (SSSR count). The molecule has 3 aliphatic rings. The lowest BCUT2D eigenvalue weighted by Gasteiger charge is -2.39. The molecule has 2 aromatic heterocycles. The molecule has 1 spiro atoms. The topological polar surface area (TPSA) is 12.5 Å². The van der Waals surface area contributed by atoms with Crippen LogP contribution in [0, 0.1) is 0 Å². The Morgan fingerprint density at radius 1 is 0.403 bits per heavy atom. The number of hydrogen-bond acceptors (Lipinski definition) is 4. The third-order valence-corrected chi connectivity index (χ3v) is 16.4. The molecule has 0 saturated heterocycles. The minimum absolute atomic E-state index is 0.130. The zero-order chi connectivity index (χ0) is 40.9. The van der Waals surface area contributed by atoms with E-state index in [1.54, 1.807) is 0 Å². The molecule has 0 N–H and O–H groups in total. The van der Waals surface area contributed by atoms with E-state index >= 15 is 0 Å². The number of thiophene rings is 2. The SMILES string of the molecule is CC1(C)c2ccccc2-c2c(N(c3ccc4c(c3)sc3ccccc34)c3cccc4sc5cc6c(cc5c34)-c3ccccc3C63c4ccccc4Oc4ccccc43)cccc21. The van der Waals surface area contributed by atoms with Gasteiger partial charge in [0, 0.05) is 68.1 Å². The normalized spacial score (nSPS) is 14.7. The van der Waals surface area contributed by atoms with Gasteiger partial charge in [0.05, 0.1) is 16.8 Å². The summed E-state index contributed by atoms with van der Waals surface area (Å²) in [6, 6.07) is 70.2. The first kappa shape index (κ1) is 34.7. The molecule has 4 heteroatoms. The first-order valence-corrected chi connectivity index (χ1v) is 23.0. The van der Waals surface area contributed by atoms with Gasteiger partial charge < -0.3 is 9.64 Å². The molecule has 0 fully saturated rings. The second kappa shape index (κ2) is 12.3. The Kier molecular flexibility index (Phi) is 6.90. The number of rotatable bonds is 3. The molecular weight excluding hydrogens is 791 g/mol. The molecule has 0 unspecified atom stereocenters. The standard InChI is InChI=1S/C58H37NOS2/c1-57(2)41-18-6-4-17-38(41)55-45(57)22-13-23-47(55)59(34-29-30-37-36-16-5-12-27-51(36)61-53(37)31-34)48-24-14-28-52-56(48)40-32-39-35-15-3-7-19-42(35)58(46(39)33-54(40)62-52)43-20-8-10-25-49(43)60-50-26-11-9-21-44(50)58/h3-33H,1-2H3. The number of nitrogens with zero attached hydrogens (tertiary/aromatic N) is 1. The molecule has 0 bridgehead atoms. The summed E-state index contributed by atoms with van der Waals surface area (Å²) in [6.07, 6.45) is 0. The highest BCUT2D eigenvalue weighted by Gasteiger charge is 2.51. The molecule has 3 heterocycles. The fourth-order valence-electron chi connectivity index (χ4n) is 11.5. The number of para-hydroxylation sites is 2. The molecular formula is C58H37NOS2. The average molecular weight is 828 g/mol. The maximum atomic E-state index is 6.66. The van der Waals surface area contributed by atoms with Gasteiger partial charge in [0.15, 0.2) is 0 Å². The summed E-state index contributed by atoms with van der Waals surface area (Å²) in [4.78, 5) is 2.57. The largest absolute Gasteiger partial charge is 0.457 e. The van der Waals surface area contributed by atoms with E-state index in [-0.39, 0.29) is 5.41 Å². The summed E-state index contributed by atoms with van der Waals surface area (Å²) in [5.41, 5.74) is 15.8. The highest BCUT2D eigenvalue weighted by molar-refractivity contribution is 7.26. The maximum Gasteiger partial charge on any atom is 0.132 e. The van der Waals surface area contributed by atoms with Crippen LogP contribution in [0.15, 0.2) is 188 Å². The fraction of sp³-hybridized carbons (Fsp3) is 0.0690. The molecule has 11 aromatic rings. The first-order valence-electron chi connectivity index (χ1n) is 21.4. The van der Waals surface area contributed by atoms with Crippen LogP contribution in [0.2, 0.25) is 0 Å². The van der Waals surface area contributed by atoms with Gasteiger partial charge in [-0.15, -0.1) is 22.7 Å². The maximum absolute atomic E-state index is 6.66. The second-order valence-electron chi connectivity index (χ2n) is 17.5. The van der Waals surface area contributed by atoms with E-state index in [2.05, 4.69) is 207 Å². The third kappa shape index (κ3) is 4.38. The zero-order valence-corrected chi connectivity index (χ0v) is 35.7. The van der Waals surface area contributed by atoms with Crippen LogP contribution in [-0.2, 0) is 10.8 Å². The van der Waals surface area contributed by atoms with Crippen molar-refractivity contribution in [2.45, 2.75) is 24.7 Å². The molecule has 62 heavy (non-hydrogen) atoms. The number of ether oxygens (including phenoxy) is 1. The Balaban J connectivity index is 1.07. The molecule has 2 nitrogen and oxygen atoms in total. The van der Waals surface area contributed by atoms with Gasteiger partial charge >= 0.3 is 0 Å². The zero-order valence-electron chi connectivity index (χ0n) is 34.1. The van der Waals surface area contributed by atoms with Crippen molar-refractivity contribution >= 4 is 80.1 Å². The van der Waals surface area contributed by atoms with Crippen molar-refractivity contribution < 1.29 is 4.74 Å². The van der Waals surface area contributed by atoms with Gasteiger partial charge in [0.2, 0.25) is 0 Å². The van der Waals surface area contributed by atoms with Crippen LogP contribution in [0.1, 0.15) is 47.2 Å². The van der Waals surface area contributed by atoms with Gasteiger partial charge in [0.25, 0.3) is 0 Å². The molecule has 0 atom stereocenters. The van der Waals surface area contributed by atoms with E-state index in [1.165, 1.54) is 107 Å². The summed E-state index contributed by atoms with van der Waals surface area (Å²) in [6.45, 7) is 4.76. The van der Waals surface area contributed by atoms with Gasteiger partial charge in [-0.3, -0.25) is 0 Å². The minimum Gasteiger partial charge on any atom is -0.457 e. The van der Waals surface area contributed by atoms with Gasteiger partial charge in [-0.1, -0.05) is 141 Å². The fourth-order valence-corrected chi connectivity index (χ4v) is 13.8. The Labute approximate surface area is 367 Å². The average Bonchev–Trinajstić information content (AvgIpc) is 4.02. The highest BCUT2D eigenvalue weighted by atomic mass is 32.1. The van der Waals surface area contributed by atoms with Gasteiger partial charge in [-0.25, -0.2) is 0 Å². The van der Waals surface area contributed by atoms with Crippen molar-refractivity contribution in [3.05, 3.63) is 221 Å². The molecule has 0 radical (unpaired) electrons. The molecule has 0 amide bonds. The van der Waals surface area contributed by atoms with E-state index in [0.29, 0.717) is 0 Å². The van der Waals surface area contributed by atoms with E-state index in [4.69, 9.17) is 4.74 Å². The smallest absolute Gasteiger partial charge is 0.132 e. The number of fused-ring (bicyclic) bond motifs is 18. The van der Waals surface area contributed by atoms with Crippen molar-refractivity contribution in [1.82, 2.24) is 0 Å². The summed E-state index contributed by atoms with van der Waals surface area (Å²) in [5.74, 6) is 1.83. The van der Waals surface area contributed by atoms with Crippen molar-refractivity contribution in [3.63, 3.8) is 0 Å². The Bertz CT molecular complexity index is 3690. The van der Waals surface area contributed by atoms with Crippen molar-refractivity contribution in [2.24, 2.45) is 0 Å². The Morgan fingerprint density at radius 2 is 1.00 bits per heavy atom. The van der Waals surface area contributed by atoms with Crippen LogP contribution in [0.4, 0.5) is 17.1 Å². The number of hydrogen-bond donors (Lipinski definition) is 0. The van der Waals surface area contributed by atoms with Gasteiger partial charge in [-0.05, 0) is 99.6 Å². The predicted octanol–water partition coefficient (Wildman–Crippen LogP) is 16.7. The van der Waals surface area contributed by atoms with Crippen molar-refractivity contribution in [3.8, 4) is 33.8 Å². The van der Waals surface area contributed by atoms with Gasteiger partial charge in [0.1, 0.15) is 11.5 Å². The summed E-state index contributed by atoms with van der Waals surface area (Å²) < 4.78 is 11.8. The highest BCUT2D eigenvalue weighted by Crippen LogP contribution is 2.63. The summed E-state index contributed by atoms with van der Waals surface area (Å²) in [5, 5.41) is 5.18. The van der Waals surface area contributed by atoms with Crippen LogP contribution >= 0.6 is 22.7 Å². The number of anilines is 3. The molecule has 2 aliphatic carbocycles. The van der Waals surface area contributed by atoms with Gasteiger partial charge in [-0.2, -0.15) is 0 Å². The minimum atomic E-state index is -0.513. The molecule has 9 aromatic carbocycles. The predicted molar refractivity (Wildman–Crippen MR) is 262 cm³/mol. The Morgan fingerprint density at radius 3 is 1.82 bits per heavy atom. The first-order chi connectivity index (χ1) is 30.5. The summed E-state index contributed by atoms with van der Waals surface area (Å²) in [7, 11) is 0. The Hall–Kier alpha value is -6.98.